The number of allylic oxidation sites excluding steroid dienone is 2. The van der Waals surface area contributed by atoms with Crippen LogP contribution in [0.1, 0.15) is 36.1 Å². The van der Waals surface area contributed by atoms with E-state index < -0.39 is 5.54 Å². The summed E-state index contributed by atoms with van der Waals surface area (Å²) in [6, 6.07) is 7.35. The number of pyridine rings is 1. The highest BCUT2D eigenvalue weighted by atomic mass is 32.1. The average Bonchev–Trinajstić information content (AvgIpc) is 3.69. The molecule has 2 bridgehead atoms. The normalized spacial score (nSPS) is 30.3. The van der Waals surface area contributed by atoms with Crippen molar-refractivity contribution in [3.63, 3.8) is 0 Å². The Morgan fingerprint density at radius 2 is 2.00 bits per heavy atom. The maximum Gasteiger partial charge on any atom is 0.325 e. The molecule has 2 aliphatic carbocycles. The Morgan fingerprint density at radius 3 is 2.66 bits per heavy atom. The number of carbonyl (C=O) groups excluding carboxylic acids is 3. The van der Waals surface area contributed by atoms with Crippen LogP contribution in [0.4, 0.5) is 4.79 Å². The zero-order chi connectivity index (χ0) is 24.0. The quantitative estimate of drug-likeness (QED) is 0.496. The number of hydrogen-bond donors (Lipinski definition) is 1. The molecule has 4 amide bonds. The highest BCUT2D eigenvalue weighted by Gasteiger charge is 2.57. The van der Waals surface area contributed by atoms with Crippen LogP contribution in [0.5, 0.6) is 0 Å². The second-order valence-electron chi connectivity index (χ2n) is 10.3. The third-order valence-corrected chi connectivity index (χ3v) is 9.36. The summed E-state index contributed by atoms with van der Waals surface area (Å²) in [6.07, 6.45) is 11.9. The number of rotatable bonds is 6. The average molecular weight is 491 g/mol. The van der Waals surface area contributed by atoms with Crippen LogP contribution in [-0.2, 0) is 21.5 Å². The SMILES string of the molecule is O=C([C@@H]1C[C@@H]2C=C[C@H]1C2)N1CCC(C2(c3cccnc3)NC(=O)N(CCc3cccs3)C2=O)CC1. The van der Waals surface area contributed by atoms with Crippen molar-refractivity contribution < 1.29 is 14.4 Å². The monoisotopic (exact) mass is 490 g/mol. The van der Waals surface area contributed by atoms with Crippen LogP contribution in [-0.4, -0.2) is 52.3 Å². The number of urea groups is 1. The van der Waals surface area contributed by atoms with E-state index in [2.05, 4.69) is 22.5 Å². The van der Waals surface area contributed by atoms with E-state index in [1.165, 1.54) is 4.90 Å². The number of likely N-dealkylation sites (tertiary alicyclic amines) is 1. The third kappa shape index (κ3) is 3.78. The molecule has 4 aliphatic rings. The maximum atomic E-state index is 13.9. The molecule has 0 radical (unpaired) electrons. The Bertz CT molecular complexity index is 1140. The number of hydrogen-bond acceptors (Lipinski definition) is 5. The number of nitrogens with one attached hydrogen (secondary N) is 1. The Kier molecular flexibility index (Phi) is 5.71. The fourth-order valence-corrected chi connectivity index (χ4v) is 7.31. The lowest BCUT2D eigenvalue weighted by atomic mass is 9.73. The molecule has 2 aliphatic heterocycles. The summed E-state index contributed by atoms with van der Waals surface area (Å²) in [5.74, 6) is 1.02. The zero-order valence-corrected chi connectivity index (χ0v) is 20.5. The Morgan fingerprint density at radius 1 is 1.14 bits per heavy atom. The van der Waals surface area contributed by atoms with Gasteiger partial charge in [-0.05, 0) is 67.4 Å². The summed E-state index contributed by atoms with van der Waals surface area (Å²) in [5.41, 5.74) is -0.412. The van der Waals surface area contributed by atoms with E-state index in [9.17, 15) is 14.4 Å². The molecule has 182 valence electrons. The summed E-state index contributed by atoms with van der Waals surface area (Å²) >= 11 is 1.63. The molecular formula is C27H30N4O3S. The molecule has 2 aromatic heterocycles. The van der Waals surface area contributed by atoms with Gasteiger partial charge in [-0.25, -0.2) is 4.79 Å². The van der Waals surface area contributed by atoms with Gasteiger partial charge in [0.05, 0.1) is 0 Å². The van der Waals surface area contributed by atoms with Gasteiger partial charge in [0, 0.05) is 48.4 Å². The van der Waals surface area contributed by atoms with Crippen LogP contribution in [0, 0.1) is 23.7 Å². The van der Waals surface area contributed by atoms with Gasteiger partial charge >= 0.3 is 6.03 Å². The molecule has 1 unspecified atom stereocenters. The first kappa shape index (κ1) is 22.5. The predicted octanol–water partition coefficient (Wildman–Crippen LogP) is 3.58. The summed E-state index contributed by atoms with van der Waals surface area (Å²) in [7, 11) is 0. The van der Waals surface area contributed by atoms with Gasteiger partial charge in [0.1, 0.15) is 0 Å². The van der Waals surface area contributed by atoms with Gasteiger partial charge in [0.15, 0.2) is 5.54 Å². The predicted molar refractivity (Wildman–Crippen MR) is 132 cm³/mol. The Hall–Kier alpha value is -3.00. The van der Waals surface area contributed by atoms with Crippen LogP contribution in [0.3, 0.4) is 0 Å². The van der Waals surface area contributed by atoms with Gasteiger partial charge in [0.2, 0.25) is 5.91 Å². The molecule has 1 N–H and O–H groups in total. The molecule has 4 atom stereocenters. The lowest BCUT2D eigenvalue weighted by Gasteiger charge is -2.41. The van der Waals surface area contributed by atoms with Crippen LogP contribution in [0.2, 0.25) is 0 Å². The van der Waals surface area contributed by atoms with E-state index in [0.29, 0.717) is 50.7 Å². The molecule has 3 fully saturated rings. The van der Waals surface area contributed by atoms with Crippen LogP contribution in [0.25, 0.3) is 0 Å². The van der Waals surface area contributed by atoms with E-state index >= 15 is 0 Å². The van der Waals surface area contributed by atoms with Gasteiger partial charge in [-0.1, -0.05) is 24.3 Å². The molecule has 4 heterocycles. The summed E-state index contributed by atoms with van der Waals surface area (Å²) in [6.45, 7) is 1.57. The first-order valence-corrected chi connectivity index (χ1v) is 13.5. The number of piperidine rings is 1. The molecule has 8 heteroatoms. The minimum absolute atomic E-state index is 0.0983. The van der Waals surface area contributed by atoms with Gasteiger partial charge in [-0.15, -0.1) is 11.3 Å². The molecule has 6 rings (SSSR count). The number of amides is 4. The Balaban J connectivity index is 1.21. The van der Waals surface area contributed by atoms with Crippen molar-refractivity contribution >= 4 is 29.2 Å². The smallest absolute Gasteiger partial charge is 0.325 e. The molecule has 35 heavy (non-hydrogen) atoms. The number of carbonyl (C=O) groups is 3. The van der Waals surface area contributed by atoms with E-state index in [0.717, 1.165) is 23.3 Å². The summed E-state index contributed by atoms with van der Waals surface area (Å²) in [5, 5.41) is 5.10. The second kappa shape index (κ2) is 8.90. The lowest BCUT2D eigenvalue weighted by molar-refractivity contribution is -0.139. The summed E-state index contributed by atoms with van der Waals surface area (Å²) in [4.78, 5) is 49.1. The number of nitrogens with zero attached hydrogens (tertiary/aromatic N) is 3. The molecule has 2 saturated heterocycles. The van der Waals surface area contributed by atoms with Crippen molar-refractivity contribution in [2.24, 2.45) is 23.7 Å². The third-order valence-electron chi connectivity index (χ3n) is 8.43. The largest absolute Gasteiger partial charge is 0.342 e. The fourth-order valence-electron chi connectivity index (χ4n) is 6.61. The van der Waals surface area contributed by atoms with Gasteiger partial charge < -0.3 is 10.2 Å². The zero-order valence-electron chi connectivity index (χ0n) is 19.6. The minimum atomic E-state index is -1.13. The number of imide groups is 1. The molecular weight excluding hydrogens is 460 g/mol. The van der Waals surface area contributed by atoms with E-state index in [1.807, 2.05) is 34.5 Å². The molecule has 0 spiro atoms. The van der Waals surface area contributed by atoms with Crippen molar-refractivity contribution in [3.05, 3.63) is 64.6 Å². The van der Waals surface area contributed by atoms with E-state index in [1.54, 1.807) is 23.7 Å². The number of fused-ring (bicyclic) bond motifs is 2. The van der Waals surface area contributed by atoms with E-state index in [-0.39, 0.29) is 29.7 Å². The van der Waals surface area contributed by atoms with Crippen molar-refractivity contribution in [1.82, 2.24) is 20.1 Å². The first-order chi connectivity index (χ1) is 17.1. The van der Waals surface area contributed by atoms with Crippen molar-refractivity contribution in [3.8, 4) is 0 Å². The van der Waals surface area contributed by atoms with Gasteiger partial charge in [0.25, 0.3) is 5.91 Å². The first-order valence-electron chi connectivity index (χ1n) is 12.6. The van der Waals surface area contributed by atoms with Crippen molar-refractivity contribution in [2.45, 2.75) is 37.6 Å². The van der Waals surface area contributed by atoms with Crippen LogP contribution < -0.4 is 5.32 Å². The molecule has 0 aromatic carbocycles. The molecule has 1 saturated carbocycles. The molecule has 7 nitrogen and oxygen atoms in total. The number of aromatic nitrogens is 1. The molecule has 2 aromatic rings. The lowest BCUT2D eigenvalue weighted by Crippen LogP contribution is -2.54. The van der Waals surface area contributed by atoms with Crippen LogP contribution in [0.15, 0.2) is 54.2 Å². The van der Waals surface area contributed by atoms with Crippen molar-refractivity contribution in [1.29, 1.82) is 0 Å². The standard InChI is InChI=1S/C27H30N4O3S/c32-24(23-16-18-5-6-19(23)15-18)30-11-7-20(8-12-30)27(21-3-1-10-28-17-21)25(33)31(26(34)29-27)13-9-22-4-2-14-35-22/h1-6,10,14,17-20,23H,7-9,11-13,15-16H2,(H,29,34)/t18-,19+,23-,27?/m1/s1. The highest BCUT2D eigenvalue weighted by Crippen LogP contribution is 2.45. The maximum absolute atomic E-state index is 13.9. The topological polar surface area (TPSA) is 82.6 Å². The van der Waals surface area contributed by atoms with E-state index in [4.69, 9.17) is 0 Å². The summed E-state index contributed by atoms with van der Waals surface area (Å²) < 4.78 is 0. The second-order valence-corrected chi connectivity index (χ2v) is 11.3. The highest BCUT2D eigenvalue weighted by molar-refractivity contribution is 7.09. The fraction of sp³-hybridized carbons (Fsp3) is 0.481. The van der Waals surface area contributed by atoms with Gasteiger partial charge in [-0.2, -0.15) is 0 Å². The number of thiophene rings is 1. The van der Waals surface area contributed by atoms with Crippen molar-refractivity contribution in [2.75, 3.05) is 19.6 Å². The van der Waals surface area contributed by atoms with Gasteiger partial charge in [-0.3, -0.25) is 19.5 Å². The minimum Gasteiger partial charge on any atom is -0.342 e. The van der Waals surface area contributed by atoms with Crippen LogP contribution >= 0.6 is 11.3 Å². The Labute approximate surface area is 209 Å².